The molecule has 0 saturated carbocycles. The number of halogens is 1. The Morgan fingerprint density at radius 1 is 1.35 bits per heavy atom. The molecule has 1 aromatic rings. The average molecular weight is 402 g/mol. The molecule has 9 heteroatoms. The van der Waals surface area contributed by atoms with Gasteiger partial charge >= 0.3 is 0 Å². The van der Waals surface area contributed by atoms with Gasteiger partial charge in [0.25, 0.3) is 0 Å². The molecular weight excluding hydrogens is 374 g/mol. The number of nitrogens with zero attached hydrogens (tertiary/aromatic N) is 2. The first-order valence-corrected chi connectivity index (χ1v) is 10.8. The zero-order valence-corrected chi connectivity index (χ0v) is 16.9. The lowest BCUT2D eigenvalue weighted by molar-refractivity contribution is 0.267. The van der Waals surface area contributed by atoms with Gasteiger partial charge in [-0.05, 0) is 44.1 Å². The molecular formula is C17H28ClN5O2S. The number of sulfonamides is 1. The fourth-order valence-corrected chi connectivity index (χ4v) is 4.39. The van der Waals surface area contributed by atoms with Gasteiger partial charge in [-0.2, -0.15) is 0 Å². The molecule has 0 radical (unpaired) electrons. The number of rotatable bonds is 8. The molecule has 0 amide bonds. The van der Waals surface area contributed by atoms with Crippen LogP contribution in [0.25, 0.3) is 0 Å². The maximum absolute atomic E-state index is 12.2. The molecule has 1 heterocycles. The molecule has 1 aliphatic heterocycles. The van der Waals surface area contributed by atoms with Gasteiger partial charge < -0.3 is 10.6 Å². The number of guanidine groups is 1. The number of benzene rings is 1. The minimum Gasteiger partial charge on any atom is -0.355 e. The van der Waals surface area contributed by atoms with E-state index in [1.165, 1.54) is 25.0 Å². The Bertz CT molecular complexity index is 711. The minimum atomic E-state index is -3.56. The lowest BCUT2D eigenvalue weighted by atomic mass is 10.2. The van der Waals surface area contributed by atoms with Gasteiger partial charge in [-0.3, -0.25) is 9.89 Å². The summed E-state index contributed by atoms with van der Waals surface area (Å²) in [5, 5.41) is 6.84. The van der Waals surface area contributed by atoms with E-state index in [9.17, 15) is 8.42 Å². The Balaban J connectivity index is 1.73. The molecule has 1 atom stereocenters. The van der Waals surface area contributed by atoms with Crippen LogP contribution in [0, 0.1) is 0 Å². The maximum atomic E-state index is 12.2. The van der Waals surface area contributed by atoms with Crippen molar-refractivity contribution in [3.63, 3.8) is 0 Å². The largest absolute Gasteiger partial charge is 0.355 e. The molecule has 1 aliphatic rings. The van der Waals surface area contributed by atoms with Crippen molar-refractivity contribution in [1.29, 1.82) is 0 Å². The molecule has 3 N–H and O–H groups in total. The first-order valence-electron chi connectivity index (χ1n) is 8.90. The molecule has 0 aliphatic carbocycles. The highest BCUT2D eigenvalue weighted by molar-refractivity contribution is 7.89. The predicted molar refractivity (Wildman–Crippen MR) is 106 cm³/mol. The van der Waals surface area contributed by atoms with Crippen molar-refractivity contribution in [2.45, 2.75) is 30.7 Å². The van der Waals surface area contributed by atoms with Gasteiger partial charge in [-0.25, -0.2) is 13.1 Å². The van der Waals surface area contributed by atoms with Crippen molar-refractivity contribution in [2.24, 2.45) is 4.99 Å². The van der Waals surface area contributed by atoms with Crippen LogP contribution in [0.5, 0.6) is 0 Å². The lowest BCUT2D eigenvalue weighted by Crippen LogP contribution is -2.46. The summed E-state index contributed by atoms with van der Waals surface area (Å²) in [5.74, 6) is 0.676. The van der Waals surface area contributed by atoms with Crippen LogP contribution in [-0.2, 0) is 10.0 Å². The van der Waals surface area contributed by atoms with Gasteiger partial charge in [-0.15, -0.1) is 0 Å². The lowest BCUT2D eigenvalue weighted by Gasteiger charge is -2.24. The Kier molecular flexibility index (Phi) is 8.15. The highest BCUT2D eigenvalue weighted by atomic mass is 35.5. The van der Waals surface area contributed by atoms with E-state index in [-0.39, 0.29) is 11.4 Å². The van der Waals surface area contributed by atoms with Crippen LogP contribution < -0.4 is 15.4 Å². The summed E-state index contributed by atoms with van der Waals surface area (Å²) in [4.78, 5) is 6.80. The van der Waals surface area contributed by atoms with Crippen molar-refractivity contribution >= 4 is 27.6 Å². The molecule has 146 valence electrons. The van der Waals surface area contributed by atoms with E-state index in [1.54, 1.807) is 19.2 Å². The summed E-state index contributed by atoms with van der Waals surface area (Å²) in [5.41, 5.74) is 0. The summed E-state index contributed by atoms with van der Waals surface area (Å²) in [7, 11) is -1.86. The van der Waals surface area contributed by atoms with E-state index in [0.717, 1.165) is 19.6 Å². The Morgan fingerprint density at radius 3 is 2.85 bits per heavy atom. The zero-order valence-electron chi connectivity index (χ0n) is 15.3. The molecule has 1 saturated heterocycles. The van der Waals surface area contributed by atoms with Gasteiger partial charge in [-0.1, -0.05) is 24.6 Å². The smallest absolute Gasteiger partial charge is 0.240 e. The maximum Gasteiger partial charge on any atom is 0.240 e. The van der Waals surface area contributed by atoms with E-state index < -0.39 is 10.0 Å². The first kappa shape index (κ1) is 21.0. The second-order valence-electron chi connectivity index (χ2n) is 6.16. The third kappa shape index (κ3) is 6.12. The summed E-state index contributed by atoms with van der Waals surface area (Å²) in [6.45, 7) is 5.91. The van der Waals surface area contributed by atoms with E-state index in [4.69, 9.17) is 11.6 Å². The fourth-order valence-electron chi connectivity index (χ4n) is 3.06. The number of likely N-dealkylation sites (tertiary alicyclic amines) is 1. The number of aliphatic imine (C=N–C) groups is 1. The van der Waals surface area contributed by atoms with E-state index >= 15 is 0 Å². The second-order valence-corrected chi connectivity index (χ2v) is 8.36. The van der Waals surface area contributed by atoms with Crippen molar-refractivity contribution in [3.05, 3.63) is 29.3 Å². The first-order chi connectivity index (χ1) is 12.5. The average Bonchev–Trinajstić information content (AvgIpc) is 3.08. The third-order valence-electron chi connectivity index (χ3n) is 4.45. The normalized spacial score (nSPS) is 18.9. The summed E-state index contributed by atoms with van der Waals surface area (Å²) < 4.78 is 27.0. The molecule has 7 nitrogen and oxygen atoms in total. The van der Waals surface area contributed by atoms with E-state index in [1.807, 2.05) is 0 Å². The predicted octanol–water partition coefficient (Wildman–Crippen LogP) is 1.27. The van der Waals surface area contributed by atoms with Gasteiger partial charge in [0.15, 0.2) is 5.96 Å². The van der Waals surface area contributed by atoms with Crippen molar-refractivity contribution in [3.8, 4) is 0 Å². The molecule has 1 unspecified atom stereocenters. The van der Waals surface area contributed by atoms with Gasteiger partial charge in [0.1, 0.15) is 0 Å². The molecule has 0 aromatic heterocycles. The Labute approximate surface area is 161 Å². The van der Waals surface area contributed by atoms with E-state index in [0.29, 0.717) is 23.6 Å². The van der Waals surface area contributed by atoms with Crippen molar-refractivity contribution < 1.29 is 8.42 Å². The molecule has 1 aromatic carbocycles. The molecule has 1 fully saturated rings. The number of nitrogens with one attached hydrogen (secondary N) is 3. The number of hydrogen-bond donors (Lipinski definition) is 3. The molecule has 26 heavy (non-hydrogen) atoms. The highest BCUT2D eigenvalue weighted by Crippen LogP contribution is 2.16. The van der Waals surface area contributed by atoms with Crippen LogP contribution in [0.3, 0.4) is 0 Å². The highest BCUT2D eigenvalue weighted by Gasteiger charge is 2.22. The van der Waals surface area contributed by atoms with Gasteiger partial charge in [0.2, 0.25) is 10.0 Å². The van der Waals surface area contributed by atoms with Crippen molar-refractivity contribution in [1.82, 2.24) is 20.3 Å². The van der Waals surface area contributed by atoms with Gasteiger partial charge in [0.05, 0.1) is 4.90 Å². The molecule has 2 rings (SSSR count). The van der Waals surface area contributed by atoms with E-state index in [2.05, 4.69) is 32.2 Å². The van der Waals surface area contributed by atoms with Crippen LogP contribution >= 0.6 is 11.6 Å². The number of hydrogen-bond acceptors (Lipinski definition) is 4. The topological polar surface area (TPSA) is 85.8 Å². The van der Waals surface area contributed by atoms with Crippen LogP contribution in [0.1, 0.15) is 19.8 Å². The Morgan fingerprint density at radius 2 is 2.15 bits per heavy atom. The van der Waals surface area contributed by atoms with Gasteiger partial charge in [0, 0.05) is 37.7 Å². The summed E-state index contributed by atoms with van der Waals surface area (Å²) >= 11 is 5.85. The monoisotopic (exact) mass is 401 g/mol. The van der Waals surface area contributed by atoms with Crippen LogP contribution in [0.15, 0.2) is 34.2 Å². The summed E-state index contributed by atoms with van der Waals surface area (Å²) in [6, 6.07) is 6.73. The zero-order chi connectivity index (χ0) is 19.0. The Hall–Kier alpha value is -1.35. The SMILES string of the molecule is CCN1CCCC1CNC(=NC)NCCNS(=O)(=O)c1cccc(Cl)c1. The fraction of sp³-hybridized carbons (Fsp3) is 0.588. The molecule has 0 spiro atoms. The summed E-state index contributed by atoms with van der Waals surface area (Å²) in [6.07, 6.45) is 2.43. The third-order valence-corrected chi connectivity index (χ3v) is 6.14. The van der Waals surface area contributed by atoms with Crippen LogP contribution in [-0.4, -0.2) is 65.1 Å². The van der Waals surface area contributed by atoms with Crippen LogP contribution in [0.4, 0.5) is 0 Å². The molecule has 0 bridgehead atoms. The number of likely N-dealkylation sites (N-methyl/N-ethyl adjacent to an activating group) is 1. The standard InChI is InChI=1S/C17H28ClN5O2S/c1-3-23-11-5-7-15(23)13-21-17(19-2)20-9-10-22-26(24,25)16-8-4-6-14(18)12-16/h4,6,8,12,15,22H,3,5,7,9-11,13H2,1-2H3,(H2,19,20,21). The van der Waals surface area contributed by atoms with Crippen LogP contribution in [0.2, 0.25) is 5.02 Å². The second kappa shape index (κ2) is 10.1. The van der Waals surface area contributed by atoms with Crippen molar-refractivity contribution in [2.75, 3.05) is 39.8 Å². The minimum absolute atomic E-state index is 0.161. The quantitative estimate of drug-likeness (QED) is 0.347.